The molecule has 69 valence electrons. The van der Waals surface area contributed by atoms with E-state index < -0.39 is 0 Å². The average molecular weight is 176 g/mol. The molecule has 13 heavy (non-hydrogen) atoms. The molecule has 0 saturated heterocycles. The first-order valence-electron chi connectivity index (χ1n) is 4.36. The summed E-state index contributed by atoms with van der Waals surface area (Å²) in [5.74, 6) is -0.0326. The van der Waals surface area contributed by atoms with Crippen LogP contribution in [-0.2, 0) is 11.2 Å². The van der Waals surface area contributed by atoms with E-state index in [0.29, 0.717) is 0 Å². The van der Waals surface area contributed by atoms with Crippen molar-refractivity contribution in [3.63, 3.8) is 0 Å². The van der Waals surface area contributed by atoms with E-state index in [1.807, 2.05) is 31.2 Å². The summed E-state index contributed by atoms with van der Waals surface area (Å²) in [6, 6.07) is 7.87. The maximum atomic E-state index is 10.7. The summed E-state index contributed by atoms with van der Waals surface area (Å²) in [6.45, 7) is 3.54. The molecule has 0 spiro atoms. The summed E-state index contributed by atoms with van der Waals surface area (Å²) in [5.41, 5.74) is 2.11. The van der Waals surface area contributed by atoms with Crippen LogP contribution >= 0.6 is 0 Å². The number of benzene rings is 1. The fourth-order valence-electron chi connectivity index (χ4n) is 1.16. The first-order chi connectivity index (χ1) is 6.22. The van der Waals surface area contributed by atoms with Gasteiger partial charge in [0.1, 0.15) is 0 Å². The molecule has 0 atom stereocenters. The predicted octanol–water partition coefficient (Wildman–Crippen LogP) is 2.41. The zero-order chi connectivity index (χ0) is 9.68. The molecule has 0 unspecified atom stereocenters. The first kappa shape index (κ1) is 9.78. The lowest BCUT2D eigenvalue weighted by Gasteiger charge is -2.02. The first-order valence-corrected chi connectivity index (χ1v) is 4.36. The lowest BCUT2D eigenvalue weighted by molar-refractivity contribution is -0.114. The van der Waals surface area contributed by atoms with Crippen LogP contribution in [0.2, 0.25) is 0 Å². The van der Waals surface area contributed by atoms with Crippen LogP contribution in [0.3, 0.4) is 0 Å². The Bertz CT molecular complexity index is 277. The molecule has 1 rings (SSSR count). The molecule has 0 aromatic heterocycles. The smallest absolute Gasteiger partial charge is 0.221 e. The van der Waals surface area contributed by atoms with Gasteiger partial charge in [-0.25, -0.2) is 0 Å². The van der Waals surface area contributed by atoms with Crippen molar-refractivity contribution in [2.24, 2.45) is 0 Å². The highest BCUT2D eigenvalue weighted by Gasteiger charge is 1.95. The van der Waals surface area contributed by atoms with Gasteiger partial charge in [0.05, 0.1) is 0 Å². The Morgan fingerprint density at radius 1 is 1.38 bits per heavy atom. The molecule has 0 saturated carbocycles. The molecule has 2 nitrogen and oxygen atoms in total. The van der Waals surface area contributed by atoms with E-state index in [-0.39, 0.29) is 5.91 Å². The number of amides is 1. The maximum absolute atomic E-state index is 10.7. The zero-order valence-electron chi connectivity index (χ0n) is 8.00. The third kappa shape index (κ3) is 3.28. The minimum atomic E-state index is -0.0326. The average Bonchev–Trinajstić information content (AvgIpc) is 2.08. The highest BCUT2D eigenvalue weighted by Crippen LogP contribution is 2.10. The van der Waals surface area contributed by atoms with Gasteiger partial charge < -0.3 is 5.32 Å². The Labute approximate surface area is 79.0 Å². The van der Waals surface area contributed by atoms with Gasteiger partial charge in [-0.2, -0.15) is 0 Å². The molecule has 0 aliphatic heterocycles. The molecule has 0 aliphatic rings. The minimum absolute atomic E-state index is 0.0326. The Balaban J connectivity index is 2.64. The van der Waals surface area contributed by atoms with Crippen molar-refractivity contribution >= 4 is 11.6 Å². The predicted molar refractivity (Wildman–Crippen MR) is 54.4 cm³/mol. The number of carbonyl (C=O) groups excluding carboxylic acids is 1. The molecule has 1 aromatic rings. The third-order valence-electron chi connectivity index (χ3n) is 1.71. The van der Waals surface area contributed by atoms with Crippen LogP contribution in [0.5, 0.6) is 0 Å². The van der Waals surface area contributed by atoms with E-state index in [0.717, 1.165) is 12.1 Å². The fourth-order valence-corrected chi connectivity index (χ4v) is 1.16. The molecule has 0 bridgehead atoms. The van der Waals surface area contributed by atoms with Crippen molar-refractivity contribution in [3.05, 3.63) is 36.2 Å². The highest BCUT2D eigenvalue weighted by atomic mass is 16.1. The number of rotatable bonds is 3. The molecule has 0 aliphatic carbocycles. The Morgan fingerprint density at radius 3 is 2.46 bits per heavy atom. The van der Waals surface area contributed by atoms with Crippen LogP contribution in [0.4, 0.5) is 5.69 Å². The van der Waals surface area contributed by atoms with Gasteiger partial charge in [0.2, 0.25) is 5.91 Å². The molecule has 1 radical (unpaired) electrons. The SMILES string of the molecule is C[CH]Cc1ccc(NC(C)=O)cc1. The van der Waals surface area contributed by atoms with E-state index in [1.54, 1.807) is 0 Å². The molecular weight excluding hydrogens is 162 g/mol. The van der Waals surface area contributed by atoms with Gasteiger partial charge in [0.25, 0.3) is 0 Å². The van der Waals surface area contributed by atoms with E-state index in [4.69, 9.17) is 0 Å². The summed E-state index contributed by atoms with van der Waals surface area (Å²) in [6.07, 6.45) is 3.08. The quantitative estimate of drug-likeness (QED) is 0.752. The van der Waals surface area contributed by atoms with Crippen LogP contribution in [-0.4, -0.2) is 5.91 Å². The number of hydrogen-bond donors (Lipinski definition) is 1. The molecule has 0 heterocycles. The lowest BCUT2D eigenvalue weighted by Crippen LogP contribution is -2.05. The van der Waals surface area contributed by atoms with E-state index in [1.165, 1.54) is 12.5 Å². The maximum Gasteiger partial charge on any atom is 0.221 e. The second-order valence-electron chi connectivity index (χ2n) is 2.99. The van der Waals surface area contributed by atoms with Crippen molar-refractivity contribution < 1.29 is 4.79 Å². The van der Waals surface area contributed by atoms with Crippen LogP contribution in [0, 0.1) is 6.42 Å². The molecule has 1 N–H and O–H groups in total. The van der Waals surface area contributed by atoms with Crippen LogP contribution < -0.4 is 5.32 Å². The number of hydrogen-bond acceptors (Lipinski definition) is 1. The monoisotopic (exact) mass is 176 g/mol. The summed E-state index contributed by atoms with van der Waals surface area (Å²) in [5, 5.41) is 2.72. The highest BCUT2D eigenvalue weighted by molar-refractivity contribution is 5.88. The van der Waals surface area contributed by atoms with Gasteiger partial charge in [-0.3, -0.25) is 4.79 Å². The van der Waals surface area contributed by atoms with Crippen molar-refractivity contribution in [3.8, 4) is 0 Å². The standard InChI is InChI=1S/C11H14NO/c1-3-4-10-5-7-11(8-6-10)12-9(2)13/h3,5-8H,4H2,1-2H3,(H,12,13). The minimum Gasteiger partial charge on any atom is -0.326 e. The molecular formula is C11H14NO. The van der Waals surface area contributed by atoms with Gasteiger partial charge >= 0.3 is 0 Å². The number of anilines is 1. The normalized spacial score (nSPS) is 9.69. The van der Waals surface area contributed by atoms with E-state index in [2.05, 4.69) is 11.7 Å². The van der Waals surface area contributed by atoms with Crippen molar-refractivity contribution in [2.75, 3.05) is 5.32 Å². The Morgan fingerprint density at radius 2 is 2.00 bits per heavy atom. The van der Waals surface area contributed by atoms with Crippen molar-refractivity contribution in [2.45, 2.75) is 20.3 Å². The third-order valence-corrected chi connectivity index (χ3v) is 1.71. The summed E-state index contributed by atoms with van der Waals surface area (Å²) >= 11 is 0. The van der Waals surface area contributed by atoms with Gasteiger partial charge in [0.15, 0.2) is 0 Å². The second-order valence-corrected chi connectivity index (χ2v) is 2.99. The van der Waals surface area contributed by atoms with Crippen molar-refractivity contribution in [1.82, 2.24) is 0 Å². The summed E-state index contributed by atoms with van der Waals surface area (Å²) < 4.78 is 0. The summed E-state index contributed by atoms with van der Waals surface area (Å²) in [4.78, 5) is 10.7. The van der Waals surface area contributed by atoms with E-state index >= 15 is 0 Å². The summed E-state index contributed by atoms with van der Waals surface area (Å²) in [7, 11) is 0. The van der Waals surface area contributed by atoms with Gasteiger partial charge in [-0.05, 0) is 30.5 Å². The topological polar surface area (TPSA) is 29.1 Å². The van der Waals surface area contributed by atoms with Crippen molar-refractivity contribution in [1.29, 1.82) is 0 Å². The molecule has 1 amide bonds. The molecule has 2 heteroatoms. The molecule has 1 aromatic carbocycles. The van der Waals surface area contributed by atoms with Crippen LogP contribution in [0.25, 0.3) is 0 Å². The van der Waals surface area contributed by atoms with Gasteiger partial charge in [0, 0.05) is 12.6 Å². The lowest BCUT2D eigenvalue weighted by atomic mass is 10.1. The zero-order valence-corrected chi connectivity index (χ0v) is 8.00. The van der Waals surface area contributed by atoms with Crippen LogP contribution in [0.1, 0.15) is 19.4 Å². The largest absolute Gasteiger partial charge is 0.326 e. The van der Waals surface area contributed by atoms with Crippen LogP contribution in [0.15, 0.2) is 24.3 Å². The van der Waals surface area contributed by atoms with Gasteiger partial charge in [-0.15, -0.1) is 0 Å². The number of carbonyl (C=O) groups is 1. The Hall–Kier alpha value is -1.31. The van der Waals surface area contributed by atoms with E-state index in [9.17, 15) is 4.79 Å². The molecule has 0 fully saturated rings. The number of nitrogens with one attached hydrogen (secondary N) is 1. The second kappa shape index (κ2) is 4.65. The fraction of sp³-hybridized carbons (Fsp3) is 0.273. The van der Waals surface area contributed by atoms with Gasteiger partial charge in [-0.1, -0.05) is 19.1 Å². The Kier molecular flexibility index (Phi) is 3.50.